The highest BCUT2D eigenvalue weighted by molar-refractivity contribution is 5.64. The zero-order valence-corrected chi connectivity index (χ0v) is 11.5. The van der Waals surface area contributed by atoms with Crippen molar-refractivity contribution < 1.29 is 4.74 Å². The molecule has 0 aliphatic heterocycles. The lowest BCUT2D eigenvalue weighted by Crippen LogP contribution is -2.11. The Hall–Kier alpha value is -1.87. The van der Waals surface area contributed by atoms with Crippen LogP contribution in [0.2, 0.25) is 0 Å². The van der Waals surface area contributed by atoms with E-state index >= 15 is 0 Å². The van der Waals surface area contributed by atoms with Crippen molar-refractivity contribution in [3.63, 3.8) is 0 Å². The van der Waals surface area contributed by atoms with Crippen LogP contribution in [0.5, 0.6) is 5.75 Å². The second kappa shape index (κ2) is 6.90. The number of hydrogen-bond acceptors (Lipinski definition) is 3. The van der Waals surface area contributed by atoms with Gasteiger partial charge in [-0.2, -0.15) is 0 Å². The molecule has 0 spiro atoms. The highest BCUT2D eigenvalue weighted by Crippen LogP contribution is 2.22. The summed E-state index contributed by atoms with van der Waals surface area (Å²) >= 11 is 0. The second-order valence-electron chi connectivity index (χ2n) is 4.32. The number of nitrogens with zero attached hydrogens (tertiary/aromatic N) is 1. The maximum atomic E-state index is 5.47. The SMILES string of the molecule is CCNCc1ccc(-c2cncc(OCC)c2)cc1. The molecule has 1 aromatic carbocycles. The number of rotatable bonds is 6. The molecule has 2 rings (SSSR count). The van der Waals surface area contributed by atoms with Crippen LogP contribution in [0.4, 0.5) is 0 Å². The van der Waals surface area contributed by atoms with Crippen LogP contribution in [-0.2, 0) is 6.54 Å². The number of aromatic nitrogens is 1. The minimum absolute atomic E-state index is 0.659. The van der Waals surface area contributed by atoms with Crippen LogP contribution in [0, 0.1) is 0 Å². The summed E-state index contributed by atoms with van der Waals surface area (Å²) in [6.07, 6.45) is 3.61. The van der Waals surface area contributed by atoms with Crippen molar-refractivity contribution in [1.29, 1.82) is 0 Å². The van der Waals surface area contributed by atoms with E-state index in [9.17, 15) is 0 Å². The molecule has 0 saturated heterocycles. The van der Waals surface area contributed by atoms with E-state index in [0.29, 0.717) is 6.61 Å². The molecule has 0 amide bonds. The number of ether oxygens (including phenoxy) is 1. The predicted molar refractivity (Wildman–Crippen MR) is 78.2 cm³/mol. The molecule has 0 atom stereocenters. The standard InChI is InChI=1S/C16H20N2O/c1-3-17-10-13-5-7-14(8-6-13)15-9-16(19-4-2)12-18-11-15/h5-9,11-12,17H,3-4,10H2,1-2H3. The zero-order valence-electron chi connectivity index (χ0n) is 11.5. The maximum Gasteiger partial charge on any atom is 0.138 e. The van der Waals surface area contributed by atoms with Gasteiger partial charge >= 0.3 is 0 Å². The van der Waals surface area contributed by atoms with Gasteiger partial charge < -0.3 is 10.1 Å². The van der Waals surface area contributed by atoms with E-state index in [4.69, 9.17) is 4.74 Å². The van der Waals surface area contributed by atoms with Crippen molar-refractivity contribution in [2.75, 3.05) is 13.2 Å². The minimum atomic E-state index is 0.659. The van der Waals surface area contributed by atoms with Crippen molar-refractivity contribution >= 4 is 0 Å². The zero-order chi connectivity index (χ0) is 13.5. The van der Waals surface area contributed by atoms with Crippen molar-refractivity contribution in [2.45, 2.75) is 20.4 Å². The number of nitrogens with one attached hydrogen (secondary N) is 1. The molecular formula is C16H20N2O. The van der Waals surface area contributed by atoms with E-state index in [0.717, 1.165) is 30.0 Å². The summed E-state index contributed by atoms with van der Waals surface area (Å²) in [5.41, 5.74) is 3.54. The summed E-state index contributed by atoms with van der Waals surface area (Å²) in [4.78, 5) is 4.21. The Morgan fingerprint density at radius 2 is 1.84 bits per heavy atom. The van der Waals surface area contributed by atoms with Gasteiger partial charge in [0.05, 0.1) is 12.8 Å². The molecule has 1 aromatic heterocycles. The number of hydrogen-bond donors (Lipinski definition) is 1. The fourth-order valence-electron chi connectivity index (χ4n) is 1.91. The summed E-state index contributed by atoms with van der Waals surface area (Å²) < 4.78 is 5.47. The maximum absolute atomic E-state index is 5.47. The molecule has 0 bridgehead atoms. The quantitative estimate of drug-likeness (QED) is 0.861. The highest BCUT2D eigenvalue weighted by Gasteiger charge is 2.01. The Kier molecular flexibility index (Phi) is 4.93. The van der Waals surface area contributed by atoms with Gasteiger partial charge in [0.15, 0.2) is 0 Å². The molecule has 2 aromatic rings. The second-order valence-corrected chi connectivity index (χ2v) is 4.32. The third-order valence-corrected chi connectivity index (χ3v) is 2.89. The molecule has 3 nitrogen and oxygen atoms in total. The van der Waals surface area contributed by atoms with Crippen molar-refractivity contribution in [3.05, 3.63) is 48.3 Å². The highest BCUT2D eigenvalue weighted by atomic mass is 16.5. The van der Waals surface area contributed by atoms with Gasteiger partial charge in [-0.25, -0.2) is 0 Å². The largest absolute Gasteiger partial charge is 0.492 e. The average Bonchev–Trinajstić information content (AvgIpc) is 2.46. The Morgan fingerprint density at radius 1 is 1.05 bits per heavy atom. The van der Waals surface area contributed by atoms with Crippen LogP contribution >= 0.6 is 0 Å². The van der Waals surface area contributed by atoms with E-state index in [2.05, 4.69) is 41.5 Å². The molecule has 19 heavy (non-hydrogen) atoms. The lowest BCUT2D eigenvalue weighted by Gasteiger charge is -2.07. The van der Waals surface area contributed by atoms with E-state index in [1.54, 1.807) is 6.20 Å². The van der Waals surface area contributed by atoms with Gasteiger partial charge in [0, 0.05) is 18.3 Å². The smallest absolute Gasteiger partial charge is 0.138 e. The van der Waals surface area contributed by atoms with Crippen LogP contribution in [0.3, 0.4) is 0 Å². The summed E-state index contributed by atoms with van der Waals surface area (Å²) in [6.45, 7) is 6.64. The molecular weight excluding hydrogens is 236 g/mol. The van der Waals surface area contributed by atoms with Crippen LogP contribution in [-0.4, -0.2) is 18.1 Å². The first kappa shape index (κ1) is 13.6. The molecule has 0 saturated carbocycles. The molecule has 0 fully saturated rings. The molecule has 1 heterocycles. The summed E-state index contributed by atoms with van der Waals surface area (Å²) in [6, 6.07) is 10.6. The first-order chi connectivity index (χ1) is 9.33. The first-order valence-electron chi connectivity index (χ1n) is 6.71. The van der Waals surface area contributed by atoms with Crippen LogP contribution < -0.4 is 10.1 Å². The summed E-state index contributed by atoms with van der Waals surface area (Å²) in [5, 5.41) is 3.32. The molecule has 100 valence electrons. The van der Waals surface area contributed by atoms with Crippen LogP contribution in [0.25, 0.3) is 11.1 Å². The predicted octanol–water partition coefficient (Wildman–Crippen LogP) is 3.26. The fourth-order valence-corrected chi connectivity index (χ4v) is 1.91. The van der Waals surface area contributed by atoms with Crippen molar-refractivity contribution in [2.24, 2.45) is 0 Å². The van der Waals surface area contributed by atoms with E-state index in [1.165, 1.54) is 5.56 Å². The molecule has 1 N–H and O–H groups in total. The lowest BCUT2D eigenvalue weighted by molar-refractivity contribution is 0.339. The van der Waals surface area contributed by atoms with Gasteiger partial charge in [-0.05, 0) is 30.7 Å². The summed E-state index contributed by atoms with van der Waals surface area (Å²) in [5.74, 6) is 0.816. The lowest BCUT2D eigenvalue weighted by atomic mass is 10.1. The Bertz CT molecular complexity index is 508. The Morgan fingerprint density at radius 3 is 2.53 bits per heavy atom. The van der Waals surface area contributed by atoms with Gasteiger partial charge in [0.1, 0.15) is 5.75 Å². The molecule has 0 aliphatic rings. The first-order valence-corrected chi connectivity index (χ1v) is 6.71. The van der Waals surface area contributed by atoms with E-state index in [-0.39, 0.29) is 0 Å². The van der Waals surface area contributed by atoms with Crippen LogP contribution in [0.15, 0.2) is 42.7 Å². The Labute approximate surface area is 114 Å². The van der Waals surface area contributed by atoms with Gasteiger partial charge in [0.25, 0.3) is 0 Å². The molecule has 0 aliphatic carbocycles. The third kappa shape index (κ3) is 3.80. The van der Waals surface area contributed by atoms with Gasteiger partial charge in [0.2, 0.25) is 0 Å². The van der Waals surface area contributed by atoms with E-state index < -0.39 is 0 Å². The van der Waals surface area contributed by atoms with Crippen LogP contribution in [0.1, 0.15) is 19.4 Å². The van der Waals surface area contributed by atoms with Gasteiger partial charge in [-0.1, -0.05) is 31.2 Å². The topological polar surface area (TPSA) is 34.2 Å². The van der Waals surface area contributed by atoms with Gasteiger partial charge in [-0.3, -0.25) is 4.98 Å². The number of pyridine rings is 1. The van der Waals surface area contributed by atoms with Crippen molar-refractivity contribution in [1.82, 2.24) is 10.3 Å². The fraction of sp³-hybridized carbons (Fsp3) is 0.312. The molecule has 0 unspecified atom stereocenters. The number of benzene rings is 1. The van der Waals surface area contributed by atoms with Gasteiger partial charge in [-0.15, -0.1) is 0 Å². The normalized spacial score (nSPS) is 10.4. The minimum Gasteiger partial charge on any atom is -0.492 e. The van der Waals surface area contributed by atoms with E-state index in [1.807, 2.05) is 19.2 Å². The molecule has 0 radical (unpaired) electrons. The summed E-state index contributed by atoms with van der Waals surface area (Å²) in [7, 11) is 0. The molecule has 3 heteroatoms. The Balaban J connectivity index is 2.14. The average molecular weight is 256 g/mol. The monoisotopic (exact) mass is 256 g/mol. The van der Waals surface area contributed by atoms with Crippen molar-refractivity contribution in [3.8, 4) is 16.9 Å². The third-order valence-electron chi connectivity index (χ3n) is 2.89.